The van der Waals surface area contributed by atoms with Crippen LogP contribution in [0.4, 0.5) is 5.69 Å². The molecule has 148 valence electrons. The third-order valence-corrected chi connectivity index (χ3v) is 4.48. The van der Waals surface area contributed by atoms with E-state index in [9.17, 15) is 4.79 Å². The quantitative estimate of drug-likeness (QED) is 0.754. The van der Waals surface area contributed by atoms with Crippen molar-refractivity contribution in [2.75, 3.05) is 32.1 Å². The average molecular weight is 380 g/mol. The molecule has 1 N–H and O–H groups in total. The Bertz CT molecular complexity index is 817. The summed E-state index contributed by atoms with van der Waals surface area (Å²) in [4.78, 5) is 14.8. The maximum absolute atomic E-state index is 12.7. The Morgan fingerprint density at radius 3 is 2.43 bits per heavy atom. The van der Waals surface area contributed by atoms with Crippen molar-refractivity contribution in [1.29, 1.82) is 5.26 Å². The SMILES string of the molecule is COCCN(CC(=O)Nc1ccccc1C(C)(C)C)Cc1ccc(C#N)cc1. The Balaban J connectivity index is 2.07. The number of hydrogen-bond acceptors (Lipinski definition) is 4. The summed E-state index contributed by atoms with van der Waals surface area (Å²) < 4.78 is 5.19. The monoisotopic (exact) mass is 379 g/mol. The van der Waals surface area contributed by atoms with Gasteiger partial charge in [-0.2, -0.15) is 5.26 Å². The number of methoxy groups -OCH3 is 1. The van der Waals surface area contributed by atoms with Gasteiger partial charge in [-0.3, -0.25) is 9.69 Å². The molecule has 5 nitrogen and oxygen atoms in total. The number of ether oxygens (including phenoxy) is 1. The van der Waals surface area contributed by atoms with Gasteiger partial charge in [-0.05, 0) is 34.7 Å². The molecule has 2 rings (SSSR count). The number of nitriles is 1. The molecule has 2 aromatic carbocycles. The lowest BCUT2D eigenvalue weighted by atomic mass is 9.86. The van der Waals surface area contributed by atoms with Crippen LogP contribution in [0.25, 0.3) is 0 Å². The fourth-order valence-corrected chi connectivity index (χ4v) is 3.02. The summed E-state index contributed by atoms with van der Waals surface area (Å²) in [5, 5.41) is 12.0. The molecule has 0 spiro atoms. The first-order valence-electron chi connectivity index (χ1n) is 9.43. The van der Waals surface area contributed by atoms with Crippen molar-refractivity contribution >= 4 is 11.6 Å². The smallest absolute Gasteiger partial charge is 0.238 e. The van der Waals surface area contributed by atoms with Crippen LogP contribution in [0, 0.1) is 11.3 Å². The van der Waals surface area contributed by atoms with Crippen molar-refractivity contribution in [2.24, 2.45) is 0 Å². The van der Waals surface area contributed by atoms with Crippen molar-refractivity contribution < 1.29 is 9.53 Å². The Morgan fingerprint density at radius 2 is 1.82 bits per heavy atom. The van der Waals surface area contributed by atoms with Crippen LogP contribution < -0.4 is 5.32 Å². The first-order valence-corrected chi connectivity index (χ1v) is 9.43. The van der Waals surface area contributed by atoms with Gasteiger partial charge in [-0.15, -0.1) is 0 Å². The Labute approximate surface area is 167 Å². The lowest BCUT2D eigenvalue weighted by Crippen LogP contribution is -2.35. The maximum atomic E-state index is 12.7. The van der Waals surface area contributed by atoms with Gasteiger partial charge in [0.05, 0.1) is 24.8 Å². The van der Waals surface area contributed by atoms with E-state index in [0.717, 1.165) is 16.8 Å². The molecule has 0 saturated heterocycles. The minimum Gasteiger partial charge on any atom is -0.383 e. The van der Waals surface area contributed by atoms with Crippen LogP contribution >= 0.6 is 0 Å². The molecule has 0 atom stereocenters. The van der Waals surface area contributed by atoms with Gasteiger partial charge in [-0.25, -0.2) is 0 Å². The molecule has 2 aromatic rings. The molecular formula is C23H29N3O2. The lowest BCUT2D eigenvalue weighted by Gasteiger charge is -2.25. The van der Waals surface area contributed by atoms with Gasteiger partial charge in [0.2, 0.25) is 5.91 Å². The summed E-state index contributed by atoms with van der Waals surface area (Å²) in [5.74, 6) is -0.0542. The van der Waals surface area contributed by atoms with Crippen LogP contribution in [0.1, 0.15) is 37.5 Å². The highest BCUT2D eigenvalue weighted by molar-refractivity contribution is 5.93. The number of nitrogens with one attached hydrogen (secondary N) is 1. The first kappa shape index (κ1) is 21.6. The topological polar surface area (TPSA) is 65.4 Å². The molecule has 0 radical (unpaired) electrons. The van der Waals surface area contributed by atoms with Crippen molar-refractivity contribution in [3.8, 4) is 6.07 Å². The Morgan fingerprint density at radius 1 is 1.14 bits per heavy atom. The zero-order valence-electron chi connectivity index (χ0n) is 17.2. The van der Waals surface area contributed by atoms with E-state index in [2.05, 4.69) is 38.2 Å². The number of nitrogens with zero attached hydrogens (tertiary/aromatic N) is 2. The van der Waals surface area contributed by atoms with E-state index >= 15 is 0 Å². The van der Waals surface area contributed by atoms with Crippen LogP contribution in [0.3, 0.4) is 0 Å². The molecule has 0 heterocycles. The van der Waals surface area contributed by atoms with Gasteiger partial charge < -0.3 is 10.1 Å². The summed E-state index contributed by atoms with van der Waals surface area (Å²) in [6.07, 6.45) is 0. The molecule has 0 fully saturated rings. The standard InChI is InChI=1S/C23H29N3O2/c1-23(2,3)20-7-5-6-8-21(20)25-22(27)17-26(13-14-28-4)16-19-11-9-18(15-24)10-12-19/h5-12H,13-14,16-17H2,1-4H3,(H,25,27). The second-order valence-electron chi connectivity index (χ2n) is 7.86. The molecular weight excluding hydrogens is 350 g/mol. The largest absolute Gasteiger partial charge is 0.383 e. The molecule has 28 heavy (non-hydrogen) atoms. The maximum Gasteiger partial charge on any atom is 0.238 e. The summed E-state index contributed by atoms with van der Waals surface area (Å²) in [5.41, 5.74) is 3.59. The molecule has 0 saturated carbocycles. The van der Waals surface area contributed by atoms with E-state index < -0.39 is 0 Å². The number of carbonyl (C=O) groups is 1. The van der Waals surface area contributed by atoms with Crippen molar-refractivity contribution in [3.63, 3.8) is 0 Å². The van der Waals surface area contributed by atoms with Crippen molar-refractivity contribution in [2.45, 2.75) is 32.7 Å². The van der Waals surface area contributed by atoms with Crippen LogP contribution in [-0.4, -0.2) is 37.6 Å². The van der Waals surface area contributed by atoms with E-state index in [0.29, 0.717) is 25.3 Å². The second-order valence-corrected chi connectivity index (χ2v) is 7.86. The molecule has 0 aliphatic carbocycles. The van der Waals surface area contributed by atoms with Crippen LogP contribution in [0.15, 0.2) is 48.5 Å². The van der Waals surface area contributed by atoms with E-state index in [4.69, 9.17) is 10.00 Å². The highest BCUT2D eigenvalue weighted by Gasteiger charge is 2.19. The second kappa shape index (κ2) is 10.0. The number of carbonyl (C=O) groups excluding carboxylic acids is 1. The van der Waals surface area contributed by atoms with Gasteiger partial charge in [0.15, 0.2) is 0 Å². The summed E-state index contributed by atoms with van der Waals surface area (Å²) in [6, 6.07) is 17.5. The normalized spacial score (nSPS) is 11.3. The fraction of sp³-hybridized carbons (Fsp3) is 0.391. The third kappa shape index (κ3) is 6.49. The third-order valence-electron chi connectivity index (χ3n) is 4.48. The molecule has 0 bridgehead atoms. The predicted molar refractivity (Wildman–Crippen MR) is 112 cm³/mol. The van der Waals surface area contributed by atoms with Gasteiger partial charge in [0.25, 0.3) is 0 Å². The van der Waals surface area contributed by atoms with Crippen LogP contribution in [0.2, 0.25) is 0 Å². The number of anilines is 1. The van der Waals surface area contributed by atoms with Crippen LogP contribution in [0.5, 0.6) is 0 Å². The Hall–Kier alpha value is -2.68. The fourth-order valence-electron chi connectivity index (χ4n) is 3.02. The molecule has 0 unspecified atom stereocenters. The zero-order chi connectivity index (χ0) is 20.6. The minimum absolute atomic E-state index is 0.0535. The molecule has 0 aromatic heterocycles. The Kier molecular flexibility index (Phi) is 7.74. The molecule has 1 amide bonds. The number of benzene rings is 2. The van der Waals surface area contributed by atoms with Gasteiger partial charge in [-0.1, -0.05) is 51.1 Å². The molecule has 0 aliphatic heterocycles. The average Bonchev–Trinajstić information content (AvgIpc) is 2.66. The van der Waals surface area contributed by atoms with Crippen molar-refractivity contribution in [3.05, 3.63) is 65.2 Å². The predicted octanol–water partition coefficient (Wildman–Crippen LogP) is 3.94. The van der Waals surface area contributed by atoms with E-state index in [1.165, 1.54) is 0 Å². The number of rotatable bonds is 8. The van der Waals surface area contributed by atoms with E-state index in [1.807, 2.05) is 35.2 Å². The highest BCUT2D eigenvalue weighted by Crippen LogP contribution is 2.29. The minimum atomic E-state index is -0.0542. The van der Waals surface area contributed by atoms with E-state index in [1.54, 1.807) is 19.2 Å². The van der Waals surface area contributed by atoms with Gasteiger partial charge >= 0.3 is 0 Å². The van der Waals surface area contributed by atoms with Crippen molar-refractivity contribution in [1.82, 2.24) is 4.90 Å². The number of amides is 1. The van der Waals surface area contributed by atoms with Gasteiger partial charge in [0.1, 0.15) is 0 Å². The lowest BCUT2D eigenvalue weighted by molar-refractivity contribution is -0.117. The van der Waals surface area contributed by atoms with Gasteiger partial charge in [0, 0.05) is 25.9 Å². The van der Waals surface area contributed by atoms with E-state index in [-0.39, 0.29) is 17.9 Å². The first-order chi connectivity index (χ1) is 13.3. The van der Waals surface area contributed by atoms with Crippen LogP contribution in [-0.2, 0) is 21.5 Å². The summed E-state index contributed by atoms with van der Waals surface area (Å²) in [6.45, 7) is 8.47. The highest BCUT2D eigenvalue weighted by atomic mass is 16.5. The summed E-state index contributed by atoms with van der Waals surface area (Å²) in [7, 11) is 1.65. The zero-order valence-corrected chi connectivity index (χ0v) is 17.2. The molecule has 5 heteroatoms. The molecule has 0 aliphatic rings. The summed E-state index contributed by atoms with van der Waals surface area (Å²) >= 11 is 0. The number of para-hydroxylation sites is 1. The number of hydrogen-bond donors (Lipinski definition) is 1.